The van der Waals surface area contributed by atoms with Crippen LogP contribution in [0.1, 0.15) is 29.0 Å². The molecule has 1 amide bonds. The first kappa shape index (κ1) is 18.1. The van der Waals surface area contributed by atoms with E-state index in [0.29, 0.717) is 42.4 Å². The summed E-state index contributed by atoms with van der Waals surface area (Å²) in [5.41, 5.74) is 1.00. The lowest BCUT2D eigenvalue weighted by Crippen LogP contribution is -2.41. The molecule has 9 nitrogen and oxygen atoms in total. The van der Waals surface area contributed by atoms with Crippen molar-refractivity contribution in [3.8, 4) is 5.75 Å². The van der Waals surface area contributed by atoms with Gasteiger partial charge in [0.15, 0.2) is 11.2 Å². The second-order valence-corrected chi connectivity index (χ2v) is 7.05. The Kier molecular flexibility index (Phi) is 4.81. The largest absolute Gasteiger partial charge is 0.496 e. The quantitative estimate of drug-likeness (QED) is 0.731. The minimum absolute atomic E-state index is 0.0315. The fourth-order valence-corrected chi connectivity index (χ4v) is 3.73. The second kappa shape index (κ2) is 7.41. The fourth-order valence-electron chi connectivity index (χ4n) is 3.73. The van der Waals surface area contributed by atoms with Crippen molar-refractivity contribution >= 4 is 17.1 Å². The van der Waals surface area contributed by atoms with Crippen LogP contribution in [0.4, 0.5) is 0 Å². The average Bonchev–Trinajstić information content (AvgIpc) is 3.10. The predicted octanol–water partition coefficient (Wildman–Crippen LogP) is 1.38. The van der Waals surface area contributed by atoms with Gasteiger partial charge < -0.3 is 14.6 Å². The van der Waals surface area contributed by atoms with Crippen molar-refractivity contribution in [3.63, 3.8) is 0 Å². The molecule has 4 rings (SSSR count). The van der Waals surface area contributed by atoms with Crippen LogP contribution in [0.25, 0.3) is 11.2 Å². The molecule has 0 spiro atoms. The molecule has 3 heterocycles. The minimum Gasteiger partial charge on any atom is -0.496 e. The van der Waals surface area contributed by atoms with Gasteiger partial charge in [-0.3, -0.25) is 9.59 Å². The topological polar surface area (TPSA) is 106 Å². The van der Waals surface area contributed by atoms with Gasteiger partial charge in [-0.1, -0.05) is 17.3 Å². The van der Waals surface area contributed by atoms with Gasteiger partial charge in [0.1, 0.15) is 11.6 Å². The lowest BCUT2D eigenvalue weighted by atomic mass is 9.97. The normalized spacial score (nSPS) is 17.1. The van der Waals surface area contributed by atoms with E-state index in [1.807, 2.05) is 17.0 Å². The van der Waals surface area contributed by atoms with E-state index in [1.54, 1.807) is 30.8 Å². The van der Waals surface area contributed by atoms with Crippen molar-refractivity contribution in [2.24, 2.45) is 5.92 Å². The molecular weight excluding hydrogens is 360 g/mol. The van der Waals surface area contributed by atoms with Crippen molar-refractivity contribution in [1.82, 2.24) is 29.9 Å². The maximum Gasteiger partial charge on any atom is 0.281 e. The highest BCUT2D eigenvalue weighted by Crippen LogP contribution is 2.24. The molecule has 1 atom stereocenters. The molecule has 0 radical (unpaired) electrons. The number of aromatic amines is 1. The molecule has 1 aliphatic rings. The zero-order chi connectivity index (χ0) is 19.7. The second-order valence-electron chi connectivity index (χ2n) is 7.05. The third-order valence-corrected chi connectivity index (χ3v) is 5.07. The Balaban J connectivity index is 1.53. The summed E-state index contributed by atoms with van der Waals surface area (Å²) in [6.45, 7) is 3.61. The number of piperidine rings is 1. The number of fused-ring (bicyclic) bond motifs is 1. The molecule has 2 aromatic heterocycles. The number of methoxy groups -OCH3 is 1. The Morgan fingerprint density at radius 1 is 1.36 bits per heavy atom. The summed E-state index contributed by atoms with van der Waals surface area (Å²) in [4.78, 5) is 33.8. The first-order chi connectivity index (χ1) is 13.6. The van der Waals surface area contributed by atoms with Crippen LogP contribution in [0.5, 0.6) is 5.75 Å². The molecule has 1 fully saturated rings. The molecule has 9 heteroatoms. The molecule has 0 aliphatic carbocycles. The van der Waals surface area contributed by atoms with E-state index < -0.39 is 0 Å². The van der Waals surface area contributed by atoms with E-state index in [2.05, 4.69) is 20.3 Å². The minimum atomic E-state index is -0.287. The van der Waals surface area contributed by atoms with Crippen LogP contribution in [-0.2, 0) is 6.54 Å². The number of hydrogen-bond donors (Lipinski definition) is 1. The number of hydrogen-bond acceptors (Lipinski definition) is 6. The third-order valence-electron chi connectivity index (χ3n) is 5.07. The van der Waals surface area contributed by atoms with Crippen LogP contribution in [0.2, 0.25) is 0 Å². The number of nitrogens with one attached hydrogen (secondary N) is 1. The molecule has 1 N–H and O–H groups in total. The van der Waals surface area contributed by atoms with Gasteiger partial charge in [-0.25, -0.2) is 9.67 Å². The molecule has 1 saturated heterocycles. The molecule has 1 aromatic carbocycles. The zero-order valence-corrected chi connectivity index (χ0v) is 15.9. The summed E-state index contributed by atoms with van der Waals surface area (Å²) in [6.07, 6.45) is 1.88. The van der Waals surface area contributed by atoms with Crippen LogP contribution < -0.4 is 10.3 Å². The van der Waals surface area contributed by atoms with Crippen LogP contribution in [0, 0.1) is 12.8 Å². The van der Waals surface area contributed by atoms with E-state index >= 15 is 0 Å². The highest BCUT2D eigenvalue weighted by atomic mass is 16.5. The number of likely N-dealkylation sites (tertiary alicyclic amines) is 1. The van der Waals surface area contributed by atoms with Crippen molar-refractivity contribution in [2.75, 3.05) is 20.2 Å². The van der Waals surface area contributed by atoms with E-state index in [0.717, 1.165) is 12.8 Å². The van der Waals surface area contributed by atoms with Gasteiger partial charge in [0, 0.05) is 19.6 Å². The van der Waals surface area contributed by atoms with Gasteiger partial charge in [0.05, 0.1) is 12.7 Å². The number of aromatic nitrogens is 5. The number of H-pyrrole nitrogens is 1. The number of carbonyl (C=O) groups is 1. The average molecular weight is 382 g/mol. The molecular formula is C19H22N6O3. The van der Waals surface area contributed by atoms with Gasteiger partial charge in [0.25, 0.3) is 11.5 Å². The molecule has 0 bridgehead atoms. The van der Waals surface area contributed by atoms with E-state index in [9.17, 15) is 9.59 Å². The van der Waals surface area contributed by atoms with Crippen molar-refractivity contribution in [3.05, 3.63) is 46.0 Å². The van der Waals surface area contributed by atoms with Gasteiger partial charge in [0.2, 0.25) is 0 Å². The van der Waals surface area contributed by atoms with Crippen molar-refractivity contribution < 1.29 is 9.53 Å². The Morgan fingerprint density at radius 2 is 2.18 bits per heavy atom. The Labute approximate surface area is 161 Å². The molecule has 0 saturated carbocycles. The van der Waals surface area contributed by atoms with Crippen LogP contribution in [0.15, 0.2) is 29.1 Å². The monoisotopic (exact) mass is 382 g/mol. The number of carbonyl (C=O) groups excluding carboxylic acids is 1. The van der Waals surface area contributed by atoms with Gasteiger partial charge in [-0.05, 0) is 37.8 Å². The van der Waals surface area contributed by atoms with Gasteiger partial charge in [-0.15, -0.1) is 5.10 Å². The summed E-state index contributed by atoms with van der Waals surface area (Å²) in [5, 5.41) is 8.07. The number of aryl methyl sites for hydroxylation is 1. The van der Waals surface area contributed by atoms with Crippen LogP contribution in [-0.4, -0.2) is 56.0 Å². The zero-order valence-electron chi connectivity index (χ0n) is 15.9. The highest BCUT2D eigenvalue weighted by molar-refractivity contribution is 5.97. The maximum absolute atomic E-state index is 13.0. The number of amides is 1. The third kappa shape index (κ3) is 3.35. The smallest absolute Gasteiger partial charge is 0.281 e. The summed E-state index contributed by atoms with van der Waals surface area (Å²) in [6, 6.07) is 7.27. The number of nitrogens with zero attached hydrogens (tertiary/aromatic N) is 5. The van der Waals surface area contributed by atoms with E-state index in [-0.39, 0.29) is 22.9 Å². The summed E-state index contributed by atoms with van der Waals surface area (Å²) in [7, 11) is 1.57. The number of para-hydroxylation sites is 1. The van der Waals surface area contributed by atoms with Crippen LogP contribution >= 0.6 is 0 Å². The molecule has 0 unspecified atom stereocenters. The molecule has 146 valence electrons. The SMILES string of the molecule is COc1ccccc1C(=O)N1CCC[C@H](Cn2nnc3c(=O)[nH]c(C)nc32)C1. The molecule has 3 aromatic rings. The summed E-state index contributed by atoms with van der Waals surface area (Å²) < 4.78 is 7.00. The first-order valence-electron chi connectivity index (χ1n) is 9.29. The Bertz CT molecular complexity index is 1070. The molecule has 28 heavy (non-hydrogen) atoms. The van der Waals surface area contributed by atoms with Crippen molar-refractivity contribution in [1.29, 1.82) is 0 Å². The lowest BCUT2D eigenvalue weighted by molar-refractivity contribution is 0.0657. The highest BCUT2D eigenvalue weighted by Gasteiger charge is 2.27. The number of rotatable bonds is 4. The lowest BCUT2D eigenvalue weighted by Gasteiger charge is -2.33. The number of benzene rings is 1. The summed E-state index contributed by atoms with van der Waals surface area (Å²) in [5.74, 6) is 1.28. The first-order valence-corrected chi connectivity index (χ1v) is 9.29. The maximum atomic E-state index is 13.0. The fraction of sp³-hybridized carbons (Fsp3) is 0.421. The van der Waals surface area contributed by atoms with Crippen molar-refractivity contribution in [2.45, 2.75) is 26.3 Å². The van der Waals surface area contributed by atoms with Gasteiger partial charge >= 0.3 is 0 Å². The van der Waals surface area contributed by atoms with E-state index in [4.69, 9.17) is 4.74 Å². The van der Waals surface area contributed by atoms with Crippen LogP contribution in [0.3, 0.4) is 0 Å². The molecule has 1 aliphatic heterocycles. The predicted molar refractivity (Wildman–Crippen MR) is 102 cm³/mol. The number of ether oxygens (including phenoxy) is 1. The van der Waals surface area contributed by atoms with Gasteiger partial charge in [-0.2, -0.15) is 0 Å². The Hall–Kier alpha value is -3.23. The summed E-state index contributed by atoms with van der Waals surface area (Å²) >= 11 is 0. The Morgan fingerprint density at radius 3 is 3.00 bits per heavy atom. The standard InChI is InChI=1S/C19H22N6O3/c1-12-20-17-16(18(26)21-12)22-23-25(17)11-13-6-5-9-24(10-13)19(27)14-7-3-4-8-15(14)28-2/h3-4,7-8,13H,5-6,9-11H2,1-2H3,(H,20,21,26)/t13-/m0/s1. The van der Waals surface area contributed by atoms with E-state index in [1.165, 1.54) is 0 Å².